The molecule has 1 heterocycles. The Bertz CT molecular complexity index is 517. The Morgan fingerprint density at radius 1 is 1.21 bits per heavy atom. The number of rotatable bonds is 1. The van der Waals surface area contributed by atoms with Gasteiger partial charge in [0.15, 0.2) is 5.41 Å². The molecule has 1 saturated carbocycles. The average molecular weight is 254 g/mol. The zero-order valence-corrected chi connectivity index (χ0v) is 11.0. The lowest BCUT2D eigenvalue weighted by molar-refractivity contribution is -0.134. The maximum absolute atomic E-state index is 12.7. The molecular formula is C16H18N2O. The van der Waals surface area contributed by atoms with E-state index in [9.17, 15) is 10.1 Å². The number of allylic oxidation sites excluding steroid dienone is 4. The molecule has 3 rings (SSSR count). The monoisotopic (exact) mass is 254 g/mol. The molecule has 0 spiro atoms. The summed E-state index contributed by atoms with van der Waals surface area (Å²) < 4.78 is 0. The lowest BCUT2D eigenvalue weighted by Gasteiger charge is -2.31. The topological polar surface area (TPSA) is 44.1 Å². The van der Waals surface area contributed by atoms with E-state index >= 15 is 0 Å². The van der Waals surface area contributed by atoms with Gasteiger partial charge in [0.25, 0.3) is 5.91 Å². The summed E-state index contributed by atoms with van der Waals surface area (Å²) >= 11 is 0. The minimum absolute atomic E-state index is 0.0203. The van der Waals surface area contributed by atoms with Crippen LogP contribution in [-0.2, 0) is 4.79 Å². The third-order valence-corrected chi connectivity index (χ3v) is 4.50. The Morgan fingerprint density at radius 2 is 2.00 bits per heavy atom. The zero-order chi connectivity index (χ0) is 13.3. The van der Waals surface area contributed by atoms with Crippen LogP contribution in [0.2, 0.25) is 0 Å². The van der Waals surface area contributed by atoms with Crippen LogP contribution in [0.25, 0.3) is 0 Å². The van der Waals surface area contributed by atoms with E-state index < -0.39 is 5.41 Å². The molecule has 0 aromatic heterocycles. The van der Waals surface area contributed by atoms with Crippen LogP contribution in [0.3, 0.4) is 0 Å². The molecule has 1 amide bonds. The summed E-state index contributed by atoms with van der Waals surface area (Å²) in [6.45, 7) is 0.617. The fourth-order valence-electron chi connectivity index (χ4n) is 3.39. The van der Waals surface area contributed by atoms with Crippen LogP contribution in [0.5, 0.6) is 0 Å². The van der Waals surface area contributed by atoms with Crippen molar-refractivity contribution in [2.45, 2.75) is 38.1 Å². The maximum atomic E-state index is 12.7. The summed E-state index contributed by atoms with van der Waals surface area (Å²) in [4.78, 5) is 14.7. The lowest BCUT2D eigenvalue weighted by atomic mass is 9.83. The first-order valence-electron chi connectivity index (χ1n) is 7.06. The first-order valence-corrected chi connectivity index (χ1v) is 7.06. The molecule has 0 N–H and O–H groups in total. The highest BCUT2D eigenvalue weighted by molar-refractivity contribution is 5.95. The highest BCUT2D eigenvalue weighted by atomic mass is 16.2. The smallest absolute Gasteiger partial charge is 0.251 e. The molecule has 3 heteroatoms. The Labute approximate surface area is 113 Å². The Morgan fingerprint density at radius 3 is 2.74 bits per heavy atom. The van der Waals surface area contributed by atoms with Gasteiger partial charge in [-0.05, 0) is 18.4 Å². The molecule has 3 nitrogen and oxygen atoms in total. The van der Waals surface area contributed by atoms with Crippen LogP contribution < -0.4 is 0 Å². The number of nitriles is 1. The number of likely N-dealkylation sites (tertiary alicyclic amines) is 1. The van der Waals surface area contributed by atoms with E-state index in [1.54, 1.807) is 6.08 Å². The number of carbonyl (C=O) groups is 1. The van der Waals surface area contributed by atoms with Crippen molar-refractivity contribution in [2.24, 2.45) is 5.41 Å². The predicted octanol–water partition coefficient (Wildman–Crippen LogP) is 2.72. The summed E-state index contributed by atoms with van der Waals surface area (Å²) in [5, 5.41) is 9.55. The standard InChI is InChI=1S/C16H18N2O/c17-12-16-10-6-2-3-7-13(16)11-18(15(16)19)14-8-4-1-5-9-14/h2-3,6-7,10,14H,1,4-5,8-9,11H2. The summed E-state index contributed by atoms with van der Waals surface area (Å²) in [6, 6.07) is 2.58. The second kappa shape index (κ2) is 4.70. The third kappa shape index (κ3) is 1.83. The van der Waals surface area contributed by atoms with Crippen LogP contribution in [0.4, 0.5) is 0 Å². The number of hydrogen-bond donors (Lipinski definition) is 0. The van der Waals surface area contributed by atoms with Gasteiger partial charge in [0, 0.05) is 12.6 Å². The van der Waals surface area contributed by atoms with E-state index in [0.29, 0.717) is 12.6 Å². The quantitative estimate of drug-likeness (QED) is 0.722. The Balaban J connectivity index is 1.94. The molecule has 1 aliphatic heterocycles. The number of nitrogens with zero attached hydrogens (tertiary/aromatic N) is 2. The molecular weight excluding hydrogens is 236 g/mol. The molecule has 1 atom stereocenters. The van der Waals surface area contributed by atoms with E-state index in [1.807, 2.05) is 29.2 Å². The lowest BCUT2D eigenvalue weighted by Crippen LogP contribution is -2.41. The van der Waals surface area contributed by atoms with Gasteiger partial charge in [0.1, 0.15) is 0 Å². The van der Waals surface area contributed by atoms with Crippen molar-refractivity contribution in [1.82, 2.24) is 4.90 Å². The molecule has 0 aromatic rings. The minimum Gasteiger partial charge on any atom is -0.334 e. The second-order valence-corrected chi connectivity index (χ2v) is 5.58. The second-order valence-electron chi connectivity index (χ2n) is 5.58. The predicted molar refractivity (Wildman–Crippen MR) is 73.0 cm³/mol. The van der Waals surface area contributed by atoms with Gasteiger partial charge in [-0.2, -0.15) is 5.26 Å². The summed E-state index contributed by atoms with van der Waals surface area (Å²) in [7, 11) is 0. The van der Waals surface area contributed by atoms with Gasteiger partial charge in [0.2, 0.25) is 0 Å². The molecule has 3 aliphatic rings. The maximum Gasteiger partial charge on any atom is 0.251 e. The van der Waals surface area contributed by atoms with Crippen molar-refractivity contribution in [3.63, 3.8) is 0 Å². The molecule has 1 unspecified atom stereocenters. The van der Waals surface area contributed by atoms with Crippen LogP contribution in [-0.4, -0.2) is 23.4 Å². The van der Waals surface area contributed by atoms with Crippen molar-refractivity contribution >= 4 is 5.91 Å². The first kappa shape index (κ1) is 12.2. The van der Waals surface area contributed by atoms with Crippen molar-refractivity contribution in [3.05, 3.63) is 36.0 Å². The number of fused-ring (bicyclic) bond motifs is 1. The summed E-state index contributed by atoms with van der Waals surface area (Å²) in [6.07, 6.45) is 15.1. The molecule has 1 saturated heterocycles. The van der Waals surface area contributed by atoms with E-state index in [-0.39, 0.29) is 5.91 Å². The minimum atomic E-state index is -1.04. The normalized spacial score (nSPS) is 30.8. The van der Waals surface area contributed by atoms with Gasteiger partial charge in [-0.25, -0.2) is 0 Å². The zero-order valence-electron chi connectivity index (χ0n) is 11.0. The first-order chi connectivity index (χ1) is 9.28. The van der Waals surface area contributed by atoms with Gasteiger partial charge >= 0.3 is 0 Å². The van der Waals surface area contributed by atoms with Gasteiger partial charge < -0.3 is 4.90 Å². The largest absolute Gasteiger partial charge is 0.334 e. The number of carbonyl (C=O) groups excluding carboxylic acids is 1. The number of hydrogen-bond acceptors (Lipinski definition) is 2. The van der Waals surface area contributed by atoms with E-state index in [1.165, 1.54) is 19.3 Å². The van der Waals surface area contributed by atoms with Crippen LogP contribution in [0.1, 0.15) is 32.1 Å². The van der Waals surface area contributed by atoms with Crippen molar-refractivity contribution in [2.75, 3.05) is 6.54 Å². The average Bonchev–Trinajstić information content (AvgIpc) is 2.62. The van der Waals surface area contributed by atoms with Crippen molar-refractivity contribution in [1.29, 1.82) is 5.26 Å². The molecule has 2 aliphatic carbocycles. The van der Waals surface area contributed by atoms with Gasteiger partial charge in [-0.15, -0.1) is 0 Å². The van der Waals surface area contributed by atoms with Crippen molar-refractivity contribution < 1.29 is 4.79 Å². The molecule has 0 bridgehead atoms. The van der Waals surface area contributed by atoms with Crippen LogP contribution >= 0.6 is 0 Å². The van der Waals surface area contributed by atoms with Crippen molar-refractivity contribution in [3.8, 4) is 6.07 Å². The van der Waals surface area contributed by atoms with Crippen LogP contribution in [0.15, 0.2) is 36.0 Å². The Hall–Kier alpha value is -1.82. The fourth-order valence-corrected chi connectivity index (χ4v) is 3.39. The fraction of sp³-hybridized carbons (Fsp3) is 0.500. The molecule has 0 radical (unpaired) electrons. The number of amides is 1. The van der Waals surface area contributed by atoms with E-state index in [4.69, 9.17) is 0 Å². The van der Waals surface area contributed by atoms with Gasteiger partial charge in [0.05, 0.1) is 6.07 Å². The molecule has 19 heavy (non-hydrogen) atoms. The third-order valence-electron chi connectivity index (χ3n) is 4.50. The highest BCUT2D eigenvalue weighted by Gasteiger charge is 2.51. The highest BCUT2D eigenvalue weighted by Crippen LogP contribution is 2.41. The van der Waals surface area contributed by atoms with Gasteiger partial charge in [-0.1, -0.05) is 49.6 Å². The molecule has 0 aromatic carbocycles. The van der Waals surface area contributed by atoms with Crippen LogP contribution in [0, 0.1) is 16.7 Å². The molecule has 2 fully saturated rings. The summed E-state index contributed by atoms with van der Waals surface area (Å²) in [5.41, 5.74) is -0.114. The Kier molecular flexibility index (Phi) is 3.02. The van der Waals surface area contributed by atoms with Gasteiger partial charge in [-0.3, -0.25) is 4.79 Å². The van der Waals surface area contributed by atoms with E-state index in [0.717, 1.165) is 18.4 Å². The molecule has 98 valence electrons. The van der Waals surface area contributed by atoms with E-state index in [2.05, 4.69) is 6.07 Å². The summed E-state index contributed by atoms with van der Waals surface area (Å²) in [5.74, 6) is -0.0203. The SMILES string of the molecule is N#CC12C=CC=CC=C1CN(C1CCCCC1)C2=O.